The molecule has 6 aliphatic rings. The van der Waals surface area contributed by atoms with Gasteiger partial charge in [0.15, 0.2) is 0 Å². The highest BCUT2D eigenvalue weighted by Gasteiger charge is 2.72. The van der Waals surface area contributed by atoms with Gasteiger partial charge in [0.25, 0.3) is 0 Å². The lowest BCUT2D eigenvalue weighted by atomic mass is 9.36. The summed E-state index contributed by atoms with van der Waals surface area (Å²) in [6.07, 6.45) is 8.22. The number of carbonyl (C=O) groups is 4. The minimum atomic E-state index is -1.71. The fourth-order valence-corrected chi connectivity index (χ4v) is 13.0. The largest absolute Gasteiger partial charge is 0.459 e. The number of rotatable bonds is 9. The van der Waals surface area contributed by atoms with Crippen LogP contribution in [0, 0.1) is 69.5 Å². The van der Waals surface area contributed by atoms with Gasteiger partial charge in [0.1, 0.15) is 24.5 Å². The van der Waals surface area contributed by atoms with Crippen LogP contribution < -0.4 is 0 Å². The zero-order valence-electron chi connectivity index (χ0n) is 27.0. The van der Waals surface area contributed by atoms with Gasteiger partial charge in [0, 0.05) is 6.42 Å². The van der Waals surface area contributed by atoms with E-state index in [1.165, 1.54) is 12.8 Å². The van der Waals surface area contributed by atoms with Gasteiger partial charge < -0.3 is 34.4 Å². The van der Waals surface area contributed by atoms with Crippen molar-refractivity contribution >= 4 is 24.8 Å². The summed E-state index contributed by atoms with van der Waals surface area (Å²) in [5, 5.41) is 34.5. The molecule has 6 aliphatic carbocycles. The Morgan fingerprint density at radius 1 is 0.909 bits per heavy atom. The number of ether oxygens (including phenoxy) is 1. The van der Waals surface area contributed by atoms with E-state index in [1.807, 2.05) is 6.92 Å². The quantitative estimate of drug-likeness (QED) is 0.199. The highest BCUT2D eigenvalue weighted by molar-refractivity contribution is 5.90. The molecule has 15 unspecified atom stereocenters. The van der Waals surface area contributed by atoms with Crippen molar-refractivity contribution in [2.75, 3.05) is 0 Å². The van der Waals surface area contributed by atoms with E-state index in [1.54, 1.807) is 0 Å². The van der Waals surface area contributed by atoms with E-state index in [4.69, 9.17) is 4.74 Å². The maximum Gasteiger partial charge on any atom is 0.306 e. The van der Waals surface area contributed by atoms with Crippen LogP contribution in [0.25, 0.3) is 0 Å². The molecule has 0 heterocycles. The van der Waals surface area contributed by atoms with E-state index in [0.717, 1.165) is 32.1 Å². The van der Waals surface area contributed by atoms with Crippen molar-refractivity contribution in [1.29, 1.82) is 0 Å². The van der Waals surface area contributed by atoms with Gasteiger partial charge in [-0.1, -0.05) is 27.7 Å². The summed E-state index contributed by atoms with van der Waals surface area (Å²) in [6, 6.07) is 0. The molecule has 8 heteroatoms. The van der Waals surface area contributed by atoms with Crippen molar-refractivity contribution in [3.05, 3.63) is 0 Å². The second-order valence-corrected chi connectivity index (χ2v) is 16.5. The summed E-state index contributed by atoms with van der Waals surface area (Å²) < 4.78 is 6.24. The standard InChI is InChI=1S/C36H54O8/c1-5-36(16-21-7-8-22(36)12-21)44-31(43)11-6-20(2)24-9-10-25-32-26(15-30(42)33(24,25)3)34(4)23(14-29(32)41)13-28(40)27(17-37)35(34,18-38)19-39/h17-30,32,40-42H,5-16H2,1-4H3. The van der Waals surface area contributed by atoms with Crippen molar-refractivity contribution in [1.82, 2.24) is 0 Å². The molecule has 6 rings (SSSR count). The van der Waals surface area contributed by atoms with Gasteiger partial charge in [-0.05, 0) is 129 Å². The molecular weight excluding hydrogens is 560 g/mol. The van der Waals surface area contributed by atoms with Crippen LogP contribution in [0.2, 0.25) is 0 Å². The fraction of sp³-hybridized carbons (Fsp3) is 0.889. The molecule has 0 aromatic heterocycles. The Kier molecular flexibility index (Phi) is 8.27. The van der Waals surface area contributed by atoms with Crippen molar-refractivity contribution in [2.24, 2.45) is 69.5 Å². The second kappa shape index (κ2) is 11.3. The first kappa shape index (κ1) is 32.3. The smallest absolute Gasteiger partial charge is 0.306 e. The molecule has 246 valence electrons. The number of hydrogen-bond donors (Lipinski definition) is 3. The van der Waals surface area contributed by atoms with E-state index in [9.17, 15) is 34.5 Å². The number of hydrogen-bond acceptors (Lipinski definition) is 8. The predicted molar refractivity (Wildman–Crippen MR) is 162 cm³/mol. The molecule has 0 aromatic carbocycles. The van der Waals surface area contributed by atoms with Crippen LogP contribution in [-0.2, 0) is 23.9 Å². The summed E-state index contributed by atoms with van der Waals surface area (Å²) in [5.74, 6) is -0.720. The van der Waals surface area contributed by atoms with E-state index in [2.05, 4.69) is 20.8 Å². The molecule has 44 heavy (non-hydrogen) atoms. The van der Waals surface area contributed by atoms with E-state index in [-0.39, 0.29) is 53.5 Å². The molecular formula is C36H54O8. The Morgan fingerprint density at radius 3 is 2.20 bits per heavy atom. The van der Waals surface area contributed by atoms with Crippen LogP contribution in [-0.4, -0.2) is 64.1 Å². The van der Waals surface area contributed by atoms with Crippen molar-refractivity contribution < 1.29 is 39.2 Å². The molecule has 8 nitrogen and oxygen atoms in total. The molecule has 6 fully saturated rings. The van der Waals surface area contributed by atoms with Crippen LogP contribution >= 0.6 is 0 Å². The third-order valence-corrected chi connectivity index (χ3v) is 15.4. The van der Waals surface area contributed by atoms with Crippen molar-refractivity contribution in [3.8, 4) is 0 Å². The fourth-order valence-electron chi connectivity index (χ4n) is 13.0. The SMILES string of the molecule is CCC1(OC(=O)CCC(C)C2CCC3C4C(O)CC5CC(O)C(C=O)C(C=O)(C=O)C5(C)C4CC(O)C23C)CC2CCC1C2. The molecule has 2 bridgehead atoms. The Bertz CT molecular complexity index is 1150. The van der Waals surface area contributed by atoms with E-state index >= 15 is 0 Å². The van der Waals surface area contributed by atoms with Crippen LogP contribution in [0.5, 0.6) is 0 Å². The van der Waals surface area contributed by atoms with E-state index < -0.39 is 40.5 Å². The van der Waals surface area contributed by atoms with Gasteiger partial charge in [-0.25, -0.2) is 0 Å². The number of aldehydes is 3. The summed E-state index contributed by atoms with van der Waals surface area (Å²) in [4.78, 5) is 51.0. The average molecular weight is 615 g/mol. The van der Waals surface area contributed by atoms with Crippen molar-refractivity contribution in [2.45, 2.75) is 129 Å². The summed E-state index contributed by atoms with van der Waals surface area (Å²) >= 11 is 0. The Hall–Kier alpha value is -1.64. The normalized spacial score (nSPS) is 51.0. The van der Waals surface area contributed by atoms with Gasteiger partial charge in [0.2, 0.25) is 0 Å². The van der Waals surface area contributed by atoms with Gasteiger partial charge >= 0.3 is 5.97 Å². The average Bonchev–Trinajstić information content (AvgIpc) is 3.71. The van der Waals surface area contributed by atoms with Crippen LogP contribution in [0.15, 0.2) is 0 Å². The number of esters is 1. The lowest BCUT2D eigenvalue weighted by Crippen LogP contribution is -2.70. The molecule has 0 amide bonds. The molecule has 0 radical (unpaired) electrons. The zero-order valence-corrected chi connectivity index (χ0v) is 27.0. The minimum Gasteiger partial charge on any atom is -0.459 e. The van der Waals surface area contributed by atoms with Gasteiger partial charge in [-0.3, -0.25) is 4.79 Å². The monoisotopic (exact) mass is 614 g/mol. The van der Waals surface area contributed by atoms with Crippen LogP contribution in [0.3, 0.4) is 0 Å². The number of fused-ring (bicyclic) bond motifs is 7. The summed E-state index contributed by atoms with van der Waals surface area (Å²) in [5.41, 5.74) is -3.47. The molecule has 0 aromatic rings. The van der Waals surface area contributed by atoms with E-state index in [0.29, 0.717) is 56.4 Å². The summed E-state index contributed by atoms with van der Waals surface area (Å²) in [7, 11) is 0. The highest BCUT2D eigenvalue weighted by atomic mass is 16.6. The van der Waals surface area contributed by atoms with Crippen LogP contribution in [0.1, 0.15) is 105 Å². The Balaban J connectivity index is 1.21. The Morgan fingerprint density at radius 2 is 1.61 bits per heavy atom. The third kappa shape index (κ3) is 4.25. The first-order valence-electron chi connectivity index (χ1n) is 17.5. The lowest BCUT2D eigenvalue weighted by Gasteiger charge is -2.67. The first-order chi connectivity index (χ1) is 20.9. The van der Waals surface area contributed by atoms with Gasteiger partial charge in [0.05, 0.1) is 29.6 Å². The molecule has 3 N–H and O–H groups in total. The first-order valence-corrected chi connectivity index (χ1v) is 17.5. The minimum absolute atomic E-state index is 0.0293. The lowest BCUT2D eigenvalue weighted by molar-refractivity contribution is -0.243. The molecule has 15 atom stereocenters. The second-order valence-electron chi connectivity index (χ2n) is 16.5. The zero-order chi connectivity index (χ0) is 31.8. The number of aliphatic hydroxyl groups excluding tert-OH is 3. The molecule has 0 spiro atoms. The molecule has 6 saturated carbocycles. The maximum atomic E-state index is 13.2. The van der Waals surface area contributed by atoms with Gasteiger partial charge in [-0.2, -0.15) is 0 Å². The highest BCUT2D eigenvalue weighted by Crippen LogP contribution is 2.71. The molecule has 0 aliphatic heterocycles. The molecule has 0 saturated heterocycles. The summed E-state index contributed by atoms with van der Waals surface area (Å²) in [6.45, 7) is 8.34. The van der Waals surface area contributed by atoms with Crippen molar-refractivity contribution in [3.63, 3.8) is 0 Å². The predicted octanol–water partition coefficient (Wildman–Crippen LogP) is 4.30. The van der Waals surface area contributed by atoms with Gasteiger partial charge in [-0.15, -0.1) is 0 Å². The Labute approximate surface area is 262 Å². The number of carbonyl (C=O) groups excluding carboxylic acids is 4. The number of aliphatic hydroxyl groups is 3. The topological polar surface area (TPSA) is 138 Å². The maximum absolute atomic E-state index is 13.2. The third-order valence-electron chi connectivity index (χ3n) is 15.4. The van der Waals surface area contributed by atoms with Crippen LogP contribution in [0.4, 0.5) is 0 Å².